The minimum Gasteiger partial charge on any atom is -0.497 e. The van der Waals surface area contributed by atoms with E-state index < -0.39 is 0 Å². The standard InChI is InChI=1S/C14H12Br2N2O2/c1-20-9-3-5-11(15)10(7-9)14(19)18-8-2-4-12(16)13(17)6-8/h2-7H,17H2,1H3,(H,18,19). The van der Waals surface area contributed by atoms with Crippen LogP contribution >= 0.6 is 31.9 Å². The molecule has 0 saturated carbocycles. The lowest BCUT2D eigenvalue weighted by Crippen LogP contribution is -2.13. The van der Waals surface area contributed by atoms with Crippen molar-refractivity contribution in [1.82, 2.24) is 0 Å². The highest BCUT2D eigenvalue weighted by Crippen LogP contribution is 2.26. The number of benzene rings is 2. The van der Waals surface area contributed by atoms with Crippen molar-refractivity contribution in [3.05, 3.63) is 50.9 Å². The van der Waals surface area contributed by atoms with Gasteiger partial charge in [0.2, 0.25) is 0 Å². The van der Waals surface area contributed by atoms with Crippen molar-refractivity contribution < 1.29 is 9.53 Å². The first-order chi connectivity index (χ1) is 9.51. The number of nitrogens with one attached hydrogen (secondary N) is 1. The first kappa shape index (κ1) is 14.9. The van der Waals surface area contributed by atoms with Crippen LogP contribution in [0.25, 0.3) is 0 Å². The van der Waals surface area contributed by atoms with Gasteiger partial charge in [-0.3, -0.25) is 4.79 Å². The summed E-state index contributed by atoms with van der Waals surface area (Å²) in [5, 5.41) is 2.79. The summed E-state index contributed by atoms with van der Waals surface area (Å²) in [6.45, 7) is 0. The van der Waals surface area contributed by atoms with Gasteiger partial charge < -0.3 is 15.8 Å². The van der Waals surface area contributed by atoms with Gasteiger partial charge in [-0.1, -0.05) is 0 Å². The fraction of sp³-hybridized carbons (Fsp3) is 0.0714. The molecule has 0 saturated heterocycles. The molecule has 20 heavy (non-hydrogen) atoms. The zero-order valence-electron chi connectivity index (χ0n) is 10.6. The number of carbonyl (C=O) groups excluding carboxylic acids is 1. The highest BCUT2D eigenvalue weighted by Gasteiger charge is 2.12. The van der Waals surface area contributed by atoms with Gasteiger partial charge in [-0.25, -0.2) is 0 Å². The first-order valence-corrected chi connectivity index (χ1v) is 7.30. The number of anilines is 2. The van der Waals surface area contributed by atoms with Crippen molar-refractivity contribution in [2.45, 2.75) is 0 Å². The second kappa shape index (κ2) is 6.28. The summed E-state index contributed by atoms with van der Waals surface area (Å²) < 4.78 is 6.60. The molecule has 2 rings (SSSR count). The number of hydrogen-bond acceptors (Lipinski definition) is 3. The maximum absolute atomic E-state index is 12.3. The number of nitrogen functional groups attached to an aromatic ring is 1. The molecule has 1 amide bonds. The van der Waals surface area contributed by atoms with Crippen LogP contribution in [0.2, 0.25) is 0 Å². The summed E-state index contributed by atoms with van der Waals surface area (Å²) in [7, 11) is 1.56. The molecule has 0 bridgehead atoms. The van der Waals surface area contributed by atoms with Crippen LogP contribution < -0.4 is 15.8 Å². The third-order valence-electron chi connectivity index (χ3n) is 2.67. The predicted molar refractivity (Wildman–Crippen MR) is 87.2 cm³/mol. The number of ether oxygens (including phenoxy) is 1. The number of methoxy groups -OCH3 is 1. The average molecular weight is 400 g/mol. The predicted octanol–water partition coefficient (Wildman–Crippen LogP) is 4.05. The summed E-state index contributed by atoms with van der Waals surface area (Å²) in [6.07, 6.45) is 0. The van der Waals surface area contributed by atoms with Gasteiger partial charge in [-0.15, -0.1) is 0 Å². The lowest BCUT2D eigenvalue weighted by atomic mass is 10.2. The van der Waals surface area contributed by atoms with Gasteiger partial charge in [0.25, 0.3) is 5.91 Å². The number of nitrogens with two attached hydrogens (primary N) is 1. The van der Waals surface area contributed by atoms with Crippen LogP contribution in [0.4, 0.5) is 11.4 Å². The quantitative estimate of drug-likeness (QED) is 0.765. The Bertz CT molecular complexity index is 660. The molecule has 2 aromatic rings. The van der Waals surface area contributed by atoms with E-state index in [9.17, 15) is 4.79 Å². The zero-order chi connectivity index (χ0) is 14.7. The normalized spacial score (nSPS) is 10.2. The molecule has 0 atom stereocenters. The highest BCUT2D eigenvalue weighted by molar-refractivity contribution is 9.11. The molecule has 2 aromatic carbocycles. The van der Waals surface area contributed by atoms with Crippen molar-refractivity contribution in [3.8, 4) is 5.75 Å². The Morgan fingerprint density at radius 3 is 2.50 bits per heavy atom. The van der Waals surface area contributed by atoms with Crippen molar-refractivity contribution in [2.75, 3.05) is 18.2 Å². The molecule has 0 heterocycles. The summed E-state index contributed by atoms with van der Waals surface area (Å²) in [6, 6.07) is 10.5. The van der Waals surface area contributed by atoms with Crippen LogP contribution in [0, 0.1) is 0 Å². The minimum absolute atomic E-state index is 0.238. The second-order valence-electron chi connectivity index (χ2n) is 4.04. The van der Waals surface area contributed by atoms with Crippen LogP contribution in [-0.4, -0.2) is 13.0 Å². The van der Waals surface area contributed by atoms with E-state index in [1.807, 2.05) is 0 Å². The molecule has 0 radical (unpaired) electrons. The van der Waals surface area contributed by atoms with E-state index in [-0.39, 0.29) is 5.91 Å². The molecule has 0 aromatic heterocycles. The number of carbonyl (C=O) groups is 1. The van der Waals surface area contributed by atoms with Crippen molar-refractivity contribution in [3.63, 3.8) is 0 Å². The third-order valence-corrected chi connectivity index (χ3v) is 4.09. The van der Waals surface area contributed by atoms with E-state index >= 15 is 0 Å². The number of hydrogen-bond donors (Lipinski definition) is 2. The first-order valence-electron chi connectivity index (χ1n) is 5.71. The van der Waals surface area contributed by atoms with E-state index in [2.05, 4.69) is 37.2 Å². The molecule has 0 spiro atoms. The molecular formula is C14H12Br2N2O2. The molecule has 104 valence electrons. The van der Waals surface area contributed by atoms with Crippen molar-refractivity contribution in [1.29, 1.82) is 0 Å². The number of amides is 1. The Hall–Kier alpha value is -1.53. The van der Waals surface area contributed by atoms with Gasteiger partial charge in [0.15, 0.2) is 0 Å². The van der Waals surface area contributed by atoms with Crippen molar-refractivity contribution in [2.24, 2.45) is 0 Å². The van der Waals surface area contributed by atoms with E-state index in [0.29, 0.717) is 27.2 Å². The Kier molecular flexibility index (Phi) is 4.67. The Labute approximate surface area is 133 Å². The second-order valence-corrected chi connectivity index (χ2v) is 5.74. The maximum atomic E-state index is 12.3. The van der Waals surface area contributed by atoms with Crippen LogP contribution in [0.1, 0.15) is 10.4 Å². The fourth-order valence-electron chi connectivity index (χ4n) is 1.63. The van der Waals surface area contributed by atoms with Gasteiger partial charge in [-0.05, 0) is 68.3 Å². The van der Waals surface area contributed by atoms with Crippen LogP contribution in [0.3, 0.4) is 0 Å². The molecule has 0 aliphatic carbocycles. The van der Waals surface area contributed by atoms with E-state index in [1.165, 1.54) is 0 Å². The van der Waals surface area contributed by atoms with E-state index in [4.69, 9.17) is 10.5 Å². The molecule has 3 N–H and O–H groups in total. The molecule has 6 heteroatoms. The molecule has 4 nitrogen and oxygen atoms in total. The SMILES string of the molecule is COc1ccc(Br)c(C(=O)Nc2ccc(Br)c(N)c2)c1. The highest BCUT2D eigenvalue weighted by atomic mass is 79.9. The van der Waals surface area contributed by atoms with Crippen LogP contribution in [-0.2, 0) is 0 Å². The molecule has 0 aliphatic rings. The largest absolute Gasteiger partial charge is 0.497 e. The monoisotopic (exact) mass is 398 g/mol. The molecule has 0 aliphatic heterocycles. The number of rotatable bonds is 3. The summed E-state index contributed by atoms with van der Waals surface area (Å²) in [5.41, 5.74) is 7.47. The lowest BCUT2D eigenvalue weighted by Gasteiger charge is -2.09. The van der Waals surface area contributed by atoms with Gasteiger partial charge in [0, 0.05) is 20.3 Å². The van der Waals surface area contributed by atoms with Gasteiger partial charge in [-0.2, -0.15) is 0 Å². The molecule has 0 unspecified atom stereocenters. The fourth-order valence-corrected chi connectivity index (χ4v) is 2.30. The summed E-state index contributed by atoms with van der Waals surface area (Å²) in [5.74, 6) is 0.381. The van der Waals surface area contributed by atoms with Crippen molar-refractivity contribution >= 4 is 49.1 Å². The maximum Gasteiger partial charge on any atom is 0.256 e. The Balaban J connectivity index is 2.25. The van der Waals surface area contributed by atoms with Crippen LogP contribution in [0.5, 0.6) is 5.75 Å². The third kappa shape index (κ3) is 3.32. The lowest BCUT2D eigenvalue weighted by molar-refractivity contribution is 0.102. The topological polar surface area (TPSA) is 64.3 Å². The summed E-state index contributed by atoms with van der Waals surface area (Å²) >= 11 is 6.66. The van der Waals surface area contributed by atoms with Crippen LogP contribution in [0.15, 0.2) is 45.3 Å². The minimum atomic E-state index is -0.238. The van der Waals surface area contributed by atoms with Gasteiger partial charge in [0.1, 0.15) is 5.75 Å². The zero-order valence-corrected chi connectivity index (χ0v) is 13.8. The van der Waals surface area contributed by atoms with E-state index in [1.54, 1.807) is 43.5 Å². The molecular weight excluding hydrogens is 388 g/mol. The Morgan fingerprint density at radius 1 is 1.15 bits per heavy atom. The van der Waals surface area contributed by atoms with Gasteiger partial charge in [0.05, 0.1) is 12.7 Å². The smallest absolute Gasteiger partial charge is 0.256 e. The molecule has 0 fully saturated rings. The van der Waals surface area contributed by atoms with E-state index in [0.717, 1.165) is 4.47 Å². The van der Waals surface area contributed by atoms with Gasteiger partial charge >= 0.3 is 0 Å². The number of halogens is 2. The Morgan fingerprint density at radius 2 is 1.85 bits per heavy atom. The average Bonchev–Trinajstić information content (AvgIpc) is 2.43. The summed E-state index contributed by atoms with van der Waals surface area (Å²) in [4.78, 5) is 12.3.